The van der Waals surface area contributed by atoms with E-state index in [2.05, 4.69) is 18.7 Å². The summed E-state index contributed by atoms with van der Waals surface area (Å²) in [7, 11) is 0. The number of halogens is 1. The van der Waals surface area contributed by atoms with Gasteiger partial charge in [-0.05, 0) is 51.6 Å². The number of hydrogen-bond acceptors (Lipinski definition) is 1. The molecule has 1 fully saturated rings. The van der Waals surface area contributed by atoms with Gasteiger partial charge in [-0.1, -0.05) is 13.3 Å². The number of likely N-dealkylation sites (tertiary alicyclic amines) is 1. The molecule has 14 heavy (non-hydrogen) atoms. The van der Waals surface area contributed by atoms with Crippen LogP contribution in [0.2, 0.25) is 0 Å². The van der Waals surface area contributed by atoms with Crippen LogP contribution in [0.25, 0.3) is 0 Å². The van der Waals surface area contributed by atoms with Crippen molar-refractivity contribution in [2.75, 3.05) is 19.0 Å². The topological polar surface area (TPSA) is 3.24 Å². The number of nitrogens with zero attached hydrogens (tertiary/aromatic N) is 1. The van der Waals surface area contributed by atoms with Crippen molar-refractivity contribution in [1.82, 2.24) is 4.90 Å². The van der Waals surface area contributed by atoms with Crippen LogP contribution in [0.5, 0.6) is 0 Å². The predicted octanol–water partition coefficient (Wildman–Crippen LogP) is 3.52. The van der Waals surface area contributed by atoms with E-state index in [4.69, 9.17) is 11.6 Å². The molecule has 84 valence electrons. The van der Waals surface area contributed by atoms with Gasteiger partial charge >= 0.3 is 0 Å². The van der Waals surface area contributed by atoms with E-state index in [0.717, 1.165) is 17.8 Å². The Balaban J connectivity index is 2.15. The molecule has 1 aliphatic heterocycles. The standard InChI is InChI=1S/C12H24ClN/c1-11-7-6-10-14(12(11)2)9-5-3-4-8-13/h11-12H,3-10H2,1-2H3. The smallest absolute Gasteiger partial charge is 0.0223 e. The van der Waals surface area contributed by atoms with Crippen molar-refractivity contribution < 1.29 is 0 Å². The summed E-state index contributed by atoms with van der Waals surface area (Å²) in [6, 6.07) is 0.791. The van der Waals surface area contributed by atoms with Gasteiger partial charge in [0.05, 0.1) is 0 Å². The average Bonchev–Trinajstić information content (AvgIpc) is 2.19. The number of piperidine rings is 1. The van der Waals surface area contributed by atoms with Gasteiger partial charge in [-0.3, -0.25) is 0 Å². The lowest BCUT2D eigenvalue weighted by Gasteiger charge is -2.37. The van der Waals surface area contributed by atoms with Crippen LogP contribution in [0.15, 0.2) is 0 Å². The second-order valence-electron chi connectivity index (χ2n) is 4.65. The fraction of sp³-hybridized carbons (Fsp3) is 1.00. The molecule has 0 radical (unpaired) electrons. The van der Waals surface area contributed by atoms with Crippen molar-refractivity contribution in [3.8, 4) is 0 Å². The Bertz CT molecular complexity index is 149. The van der Waals surface area contributed by atoms with Crippen LogP contribution in [0.4, 0.5) is 0 Å². The maximum Gasteiger partial charge on any atom is 0.0223 e. The summed E-state index contributed by atoms with van der Waals surface area (Å²) in [6.07, 6.45) is 6.60. The summed E-state index contributed by atoms with van der Waals surface area (Å²) in [6.45, 7) is 7.36. The number of hydrogen-bond donors (Lipinski definition) is 0. The van der Waals surface area contributed by atoms with Crippen molar-refractivity contribution in [3.05, 3.63) is 0 Å². The third-order valence-electron chi connectivity index (χ3n) is 3.58. The van der Waals surface area contributed by atoms with Crippen molar-refractivity contribution in [3.63, 3.8) is 0 Å². The summed E-state index contributed by atoms with van der Waals surface area (Å²) >= 11 is 5.66. The van der Waals surface area contributed by atoms with Crippen LogP contribution in [-0.2, 0) is 0 Å². The second kappa shape index (κ2) is 6.68. The van der Waals surface area contributed by atoms with E-state index in [1.165, 1.54) is 45.2 Å². The van der Waals surface area contributed by atoms with Gasteiger partial charge in [-0.25, -0.2) is 0 Å². The van der Waals surface area contributed by atoms with E-state index in [9.17, 15) is 0 Å². The second-order valence-corrected chi connectivity index (χ2v) is 5.02. The molecular weight excluding hydrogens is 194 g/mol. The summed E-state index contributed by atoms with van der Waals surface area (Å²) in [4.78, 5) is 2.66. The first-order chi connectivity index (χ1) is 6.75. The molecular formula is C12H24ClN. The molecule has 1 saturated heterocycles. The number of alkyl halides is 1. The molecule has 2 heteroatoms. The van der Waals surface area contributed by atoms with Gasteiger partial charge in [-0.15, -0.1) is 11.6 Å². The third kappa shape index (κ3) is 3.78. The van der Waals surface area contributed by atoms with E-state index in [0.29, 0.717) is 0 Å². The lowest BCUT2D eigenvalue weighted by Crippen LogP contribution is -2.42. The normalized spacial score (nSPS) is 29.4. The highest BCUT2D eigenvalue weighted by Crippen LogP contribution is 2.22. The Hall–Kier alpha value is 0.250. The lowest BCUT2D eigenvalue weighted by atomic mass is 9.92. The van der Waals surface area contributed by atoms with Crippen molar-refractivity contribution in [2.24, 2.45) is 5.92 Å². The van der Waals surface area contributed by atoms with E-state index in [1.807, 2.05) is 0 Å². The molecule has 1 heterocycles. The molecule has 0 aromatic heterocycles. The Morgan fingerprint density at radius 3 is 2.71 bits per heavy atom. The Kier molecular flexibility index (Phi) is 5.88. The average molecular weight is 218 g/mol. The summed E-state index contributed by atoms with van der Waals surface area (Å²) in [5.74, 6) is 1.71. The van der Waals surface area contributed by atoms with Crippen LogP contribution >= 0.6 is 11.6 Å². The molecule has 0 bridgehead atoms. The van der Waals surface area contributed by atoms with Crippen molar-refractivity contribution >= 4 is 11.6 Å². The highest BCUT2D eigenvalue weighted by atomic mass is 35.5. The van der Waals surface area contributed by atoms with Gasteiger partial charge in [0.15, 0.2) is 0 Å². The molecule has 0 saturated carbocycles. The minimum atomic E-state index is 0.791. The highest BCUT2D eigenvalue weighted by Gasteiger charge is 2.23. The molecule has 2 atom stereocenters. The predicted molar refractivity (Wildman–Crippen MR) is 64.0 cm³/mol. The van der Waals surface area contributed by atoms with Gasteiger partial charge in [-0.2, -0.15) is 0 Å². The Morgan fingerprint density at radius 1 is 1.21 bits per heavy atom. The van der Waals surface area contributed by atoms with Gasteiger partial charge in [0, 0.05) is 11.9 Å². The Labute approximate surface area is 93.8 Å². The fourth-order valence-corrected chi connectivity index (χ4v) is 2.51. The van der Waals surface area contributed by atoms with Crippen LogP contribution in [0, 0.1) is 5.92 Å². The van der Waals surface area contributed by atoms with Crippen LogP contribution in [0.3, 0.4) is 0 Å². The van der Waals surface area contributed by atoms with Gasteiger partial charge in [0.2, 0.25) is 0 Å². The van der Waals surface area contributed by atoms with Crippen LogP contribution < -0.4 is 0 Å². The van der Waals surface area contributed by atoms with E-state index in [1.54, 1.807) is 0 Å². The molecule has 0 N–H and O–H groups in total. The molecule has 2 unspecified atom stereocenters. The molecule has 1 aliphatic rings. The zero-order valence-corrected chi connectivity index (χ0v) is 10.4. The van der Waals surface area contributed by atoms with E-state index in [-0.39, 0.29) is 0 Å². The largest absolute Gasteiger partial charge is 0.300 e. The summed E-state index contributed by atoms with van der Waals surface area (Å²) < 4.78 is 0. The monoisotopic (exact) mass is 217 g/mol. The SMILES string of the molecule is CC1CCCN(CCCCCCl)C1C. The van der Waals surface area contributed by atoms with Crippen LogP contribution in [-0.4, -0.2) is 29.9 Å². The maximum absolute atomic E-state index is 5.66. The first kappa shape index (κ1) is 12.3. The molecule has 0 amide bonds. The molecule has 1 nitrogen and oxygen atoms in total. The minimum absolute atomic E-state index is 0.791. The maximum atomic E-state index is 5.66. The zero-order chi connectivity index (χ0) is 10.4. The van der Waals surface area contributed by atoms with E-state index >= 15 is 0 Å². The lowest BCUT2D eigenvalue weighted by molar-refractivity contribution is 0.112. The van der Waals surface area contributed by atoms with Gasteiger partial charge in [0.25, 0.3) is 0 Å². The zero-order valence-electron chi connectivity index (χ0n) is 9.64. The van der Waals surface area contributed by atoms with Crippen molar-refractivity contribution in [1.29, 1.82) is 0 Å². The third-order valence-corrected chi connectivity index (χ3v) is 3.85. The van der Waals surface area contributed by atoms with Crippen LogP contribution in [0.1, 0.15) is 46.0 Å². The van der Waals surface area contributed by atoms with Gasteiger partial charge < -0.3 is 4.90 Å². The number of rotatable bonds is 5. The molecule has 0 aliphatic carbocycles. The van der Waals surface area contributed by atoms with Gasteiger partial charge in [0.1, 0.15) is 0 Å². The summed E-state index contributed by atoms with van der Waals surface area (Å²) in [5, 5.41) is 0. The first-order valence-electron chi connectivity index (χ1n) is 6.05. The molecule has 0 spiro atoms. The molecule has 0 aromatic carbocycles. The van der Waals surface area contributed by atoms with E-state index < -0.39 is 0 Å². The fourth-order valence-electron chi connectivity index (χ4n) is 2.32. The highest BCUT2D eigenvalue weighted by molar-refractivity contribution is 6.17. The first-order valence-corrected chi connectivity index (χ1v) is 6.59. The number of unbranched alkanes of at least 4 members (excludes halogenated alkanes) is 2. The summed E-state index contributed by atoms with van der Waals surface area (Å²) in [5.41, 5.74) is 0. The minimum Gasteiger partial charge on any atom is -0.300 e. The quantitative estimate of drug-likeness (QED) is 0.503. The molecule has 1 rings (SSSR count). The molecule has 0 aromatic rings. The Morgan fingerprint density at radius 2 is 2.00 bits per heavy atom. The van der Waals surface area contributed by atoms with Crippen molar-refractivity contribution in [2.45, 2.75) is 52.0 Å².